The van der Waals surface area contributed by atoms with Gasteiger partial charge in [0.15, 0.2) is 0 Å². The molecule has 1 amide bonds. The number of nitrogens with zero attached hydrogens (tertiary/aromatic N) is 1. The van der Waals surface area contributed by atoms with E-state index >= 15 is 0 Å². The number of likely N-dealkylation sites (tertiary alicyclic amines) is 1. The summed E-state index contributed by atoms with van der Waals surface area (Å²) in [5.41, 5.74) is 6.76. The number of amides is 1. The monoisotopic (exact) mass is 404 g/mol. The molecule has 29 heavy (non-hydrogen) atoms. The summed E-state index contributed by atoms with van der Waals surface area (Å²) in [6.45, 7) is 12.7. The van der Waals surface area contributed by atoms with Crippen LogP contribution in [-0.2, 0) is 27.2 Å². The maximum atomic E-state index is 13.0. The van der Waals surface area contributed by atoms with E-state index in [1.54, 1.807) is 4.90 Å². The lowest BCUT2D eigenvalue weighted by Gasteiger charge is -2.28. The van der Waals surface area contributed by atoms with Crippen molar-refractivity contribution in [2.45, 2.75) is 72.1 Å². The number of esters is 1. The van der Waals surface area contributed by atoms with E-state index in [1.807, 2.05) is 65.8 Å². The third kappa shape index (κ3) is 7.35. The normalized spacial score (nSPS) is 18.4. The smallest absolute Gasteiger partial charge is 0.410 e. The van der Waals surface area contributed by atoms with Gasteiger partial charge in [-0.3, -0.25) is 4.79 Å². The molecule has 1 heterocycles. The van der Waals surface area contributed by atoms with Crippen molar-refractivity contribution in [1.29, 1.82) is 0 Å². The van der Waals surface area contributed by atoms with Crippen molar-refractivity contribution in [2.75, 3.05) is 13.1 Å². The van der Waals surface area contributed by atoms with E-state index in [-0.39, 0.29) is 23.9 Å². The van der Waals surface area contributed by atoms with Crippen molar-refractivity contribution < 1.29 is 19.1 Å². The Balaban J connectivity index is 2.17. The molecule has 0 bridgehead atoms. The van der Waals surface area contributed by atoms with Crippen LogP contribution in [0.1, 0.15) is 59.1 Å². The number of hydrogen-bond donors (Lipinski definition) is 1. The summed E-state index contributed by atoms with van der Waals surface area (Å²) in [5.74, 6) is -0.514. The van der Waals surface area contributed by atoms with Crippen LogP contribution in [0.5, 0.6) is 0 Å². The van der Waals surface area contributed by atoms with E-state index in [2.05, 4.69) is 0 Å². The maximum Gasteiger partial charge on any atom is 0.410 e. The highest BCUT2D eigenvalue weighted by Gasteiger charge is 2.39. The second-order valence-electron chi connectivity index (χ2n) is 9.84. The summed E-state index contributed by atoms with van der Waals surface area (Å²) in [4.78, 5) is 27.2. The van der Waals surface area contributed by atoms with E-state index in [4.69, 9.17) is 15.2 Å². The third-order valence-electron chi connectivity index (χ3n) is 4.84. The number of hydrogen-bond acceptors (Lipinski definition) is 5. The van der Waals surface area contributed by atoms with E-state index in [0.717, 1.165) is 17.5 Å². The Morgan fingerprint density at radius 1 is 1.10 bits per heavy atom. The van der Waals surface area contributed by atoms with Gasteiger partial charge in [0.05, 0.1) is 5.92 Å². The van der Waals surface area contributed by atoms with E-state index in [1.165, 1.54) is 0 Å². The van der Waals surface area contributed by atoms with Crippen LogP contribution in [0.3, 0.4) is 0 Å². The molecule has 0 radical (unpaired) electrons. The molecule has 0 spiro atoms. The van der Waals surface area contributed by atoms with Crippen molar-refractivity contribution in [2.24, 2.45) is 17.6 Å². The predicted octanol–water partition coefficient (Wildman–Crippen LogP) is 3.90. The minimum atomic E-state index is -0.558. The van der Waals surface area contributed by atoms with Gasteiger partial charge in [-0.25, -0.2) is 4.79 Å². The van der Waals surface area contributed by atoms with E-state index < -0.39 is 11.2 Å². The molecule has 1 fully saturated rings. The minimum Gasteiger partial charge on any atom is -0.460 e. The molecule has 6 heteroatoms. The fraction of sp³-hybridized carbons (Fsp3) is 0.652. The highest BCUT2D eigenvalue weighted by atomic mass is 16.6. The molecule has 2 atom stereocenters. The molecule has 0 saturated carbocycles. The van der Waals surface area contributed by atoms with Crippen LogP contribution in [0.2, 0.25) is 0 Å². The Hall–Kier alpha value is -2.08. The molecule has 2 rings (SSSR count). The molecule has 2 N–H and O–H groups in total. The molecular formula is C23H36N2O4. The lowest BCUT2D eigenvalue weighted by molar-refractivity contribution is -0.161. The Labute approximate surface area is 174 Å². The van der Waals surface area contributed by atoms with Gasteiger partial charge in [0, 0.05) is 19.6 Å². The van der Waals surface area contributed by atoms with Gasteiger partial charge in [-0.2, -0.15) is 0 Å². The van der Waals surface area contributed by atoms with Gasteiger partial charge in [-0.05, 0) is 71.4 Å². The Kier molecular flexibility index (Phi) is 7.33. The Morgan fingerprint density at radius 2 is 1.72 bits per heavy atom. The average Bonchev–Trinajstić information content (AvgIpc) is 3.06. The van der Waals surface area contributed by atoms with Crippen LogP contribution in [0.4, 0.5) is 4.79 Å². The fourth-order valence-electron chi connectivity index (χ4n) is 3.57. The molecule has 162 valence electrons. The third-order valence-corrected chi connectivity index (χ3v) is 4.84. The molecule has 1 aromatic carbocycles. The summed E-state index contributed by atoms with van der Waals surface area (Å²) >= 11 is 0. The van der Waals surface area contributed by atoms with Gasteiger partial charge in [-0.1, -0.05) is 24.3 Å². The zero-order valence-electron chi connectivity index (χ0n) is 18.7. The standard InChI is InChI=1S/C23H36N2O4/c1-22(2,3)28-20(26)19(13-16-8-7-9-17(12-16)14-24)18-10-11-25(15-18)21(27)29-23(4,5)6/h7-9,12,18-19H,10-11,13-15,24H2,1-6H3. The molecule has 1 saturated heterocycles. The van der Waals surface area contributed by atoms with Gasteiger partial charge in [0.1, 0.15) is 11.2 Å². The molecule has 1 aromatic rings. The van der Waals surface area contributed by atoms with Crippen molar-refractivity contribution in [1.82, 2.24) is 4.90 Å². The zero-order chi connectivity index (χ0) is 21.8. The summed E-state index contributed by atoms with van der Waals surface area (Å²) in [6.07, 6.45) is 0.989. The van der Waals surface area contributed by atoms with E-state index in [9.17, 15) is 9.59 Å². The summed E-state index contributed by atoms with van der Waals surface area (Å²) in [5, 5.41) is 0. The lowest BCUT2D eigenvalue weighted by atomic mass is 9.85. The molecule has 0 aromatic heterocycles. The summed E-state index contributed by atoms with van der Waals surface area (Å²) in [6, 6.07) is 7.99. The minimum absolute atomic E-state index is 0.0268. The van der Waals surface area contributed by atoms with Crippen molar-refractivity contribution >= 4 is 12.1 Å². The Morgan fingerprint density at radius 3 is 2.31 bits per heavy atom. The second-order valence-corrected chi connectivity index (χ2v) is 9.84. The molecule has 1 aliphatic rings. The first-order valence-corrected chi connectivity index (χ1v) is 10.4. The number of ether oxygens (including phenoxy) is 2. The highest BCUT2D eigenvalue weighted by molar-refractivity contribution is 5.74. The first-order chi connectivity index (χ1) is 13.4. The van der Waals surface area contributed by atoms with Crippen LogP contribution in [0, 0.1) is 11.8 Å². The van der Waals surface area contributed by atoms with Crippen LogP contribution in [0.25, 0.3) is 0 Å². The SMILES string of the molecule is CC(C)(C)OC(=O)C(Cc1cccc(CN)c1)C1CCN(C(=O)OC(C)(C)C)C1. The number of nitrogens with two attached hydrogens (primary N) is 1. The number of benzene rings is 1. The van der Waals surface area contributed by atoms with Gasteiger partial charge in [0.25, 0.3) is 0 Å². The highest BCUT2D eigenvalue weighted by Crippen LogP contribution is 2.30. The van der Waals surface area contributed by atoms with Crippen molar-refractivity contribution in [3.05, 3.63) is 35.4 Å². The second kappa shape index (κ2) is 9.16. The quantitative estimate of drug-likeness (QED) is 0.753. The van der Waals surface area contributed by atoms with Gasteiger partial charge >= 0.3 is 12.1 Å². The van der Waals surface area contributed by atoms with Crippen molar-refractivity contribution in [3.8, 4) is 0 Å². The largest absolute Gasteiger partial charge is 0.460 e. The first kappa shape index (κ1) is 23.2. The number of carbonyl (C=O) groups excluding carboxylic acids is 2. The first-order valence-electron chi connectivity index (χ1n) is 10.4. The number of carbonyl (C=O) groups is 2. The molecule has 0 aliphatic carbocycles. The zero-order valence-corrected chi connectivity index (χ0v) is 18.7. The van der Waals surface area contributed by atoms with Crippen molar-refractivity contribution in [3.63, 3.8) is 0 Å². The van der Waals surface area contributed by atoms with Gasteiger partial charge in [-0.15, -0.1) is 0 Å². The summed E-state index contributed by atoms with van der Waals surface area (Å²) < 4.78 is 11.2. The fourth-order valence-corrected chi connectivity index (χ4v) is 3.57. The van der Waals surface area contributed by atoms with Gasteiger partial charge < -0.3 is 20.1 Å². The van der Waals surface area contributed by atoms with Crippen LogP contribution < -0.4 is 5.73 Å². The average molecular weight is 405 g/mol. The van der Waals surface area contributed by atoms with Crippen LogP contribution >= 0.6 is 0 Å². The molecule has 2 unspecified atom stereocenters. The van der Waals surface area contributed by atoms with Crippen LogP contribution in [0.15, 0.2) is 24.3 Å². The topological polar surface area (TPSA) is 81.9 Å². The molecule has 6 nitrogen and oxygen atoms in total. The predicted molar refractivity (Wildman–Crippen MR) is 113 cm³/mol. The van der Waals surface area contributed by atoms with Crippen LogP contribution in [-0.4, -0.2) is 41.3 Å². The lowest BCUT2D eigenvalue weighted by Crippen LogP contribution is -2.38. The van der Waals surface area contributed by atoms with E-state index in [0.29, 0.717) is 26.1 Å². The summed E-state index contributed by atoms with van der Waals surface area (Å²) in [7, 11) is 0. The molecular weight excluding hydrogens is 368 g/mol. The number of rotatable bonds is 5. The molecule has 1 aliphatic heterocycles. The Bertz CT molecular complexity index is 718. The maximum absolute atomic E-state index is 13.0. The van der Waals surface area contributed by atoms with Gasteiger partial charge in [0.2, 0.25) is 0 Å².